The third kappa shape index (κ3) is 2.44. The number of rotatable bonds is 3. The number of halogens is 2. The van der Waals surface area contributed by atoms with E-state index in [9.17, 15) is 9.18 Å². The van der Waals surface area contributed by atoms with Crippen molar-refractivity contribution in [1.29, 1.82) is 0 Å². The maximum atomic E-state index is 13.1. The normalized spacial score (nSPS) is 10.5. The van der Waals surface area contributed by atoms with E-state index in [0.29, 0.717) is 22.1 Å². The Balaban J connectivity index is 2.39. The standard InChI is InChI=1S/C12H10BrFN2O/c1-2-16-7-8(6-15-16)12(17)10-5-9(14)3-4-11(10)13/h3-7H,2H2,1H3. The van der Waals surface area contributed by atoms with Gasteiger partial charge in [-0.2, -0.15) is 5.10 Å². The molecular weight excluding hydrogens is 287 g/mol. The van der Waals surface area contributed by atoms with Crippen LogP contribution < -0.4 is 0 Å². The molecule has 1 aromatic heterocycles. The molecule has 17 heavy (non-hydrogen) atoms. The van der Waals surface area contributed by atoms with Gasteiger partial charge in [0, 0.05) is 22.8 Å². The molecule has 0 amide bonds. The van der Waals surface area contributed by atoms with E-state index >= 15 is 0 Å². The Labute approximate surface area is 106 Å². The van der Waals surface area contributed by atoms with Crippen molar-refractivity contribution < 1.29 is 9.18 Å². The summed E-state index contributed by atoms with van der Waals surface area (Å²) in [6.45, 7) is 2.62. The minimum atomic E-state index is -0.431. The molecule has 5 heteroatoms. The number of aryl methyl sites for hydroxylation is 1. The van der Waals surface area contributed by atoms with Crippen LogP contribution in [0.3, 0.4) is 0 Å². The number of hydrogen-bond acceptors (Lipinski definition) is 2. The number of aromatic nitrogens is 2. The van der Waals surface area contributed by atoms with Gasteiger partial charge < -0.3 is 0 Å². The van der Waals surface area contributed by atoms with Gasteiger partial charge in [0.2, 0.25) is 0 Å². The monoisotopic (exact) mass is 296 g/mol. The van der Waals surface area contributed by atoms with Crippen LogP contribution in [0.2, 0.25) is 0 Å². The van der Waals surface area contributed by atoms with Crippen LogP contribution in [0.1, 0.15) is 22.8 Å². The summed E-state index contributed by atoms with van der Waals surface area (Å²) in [6.07, 6.45) is 3.14. The van der Waals surface area contributed by atoms with E-state index in [1.54, 1.807) is 10.9 Å². The maximum Gasteiger partial charge on any atom is 0.197 e. The smallest absolute Gasteiger partial charge is 0.197 e. The Morgan fingerprint density at radius 1 is 1.53 bits per heavy atom. The average Bonchev–Trinajstić information content (AvgIpc) is 2.80. The van der Waals surface area contributed by atoms with Gasteiger partial charge in [-0.25, -0.2) is 4.39 Å². The molecule has 1 aromatic carbocycles. The van der Waals surface area contributed by atoms with Crippen LogP contribution in [0, 0.1) is 5.82 Å². The predicted octanol–water partition coefficient (Wildman–Crippen LogP) is 3.04. The second-order valence-electron chi connectivity index (χ2n) is 3.54. The van der Waals surface area contributed by atoms with Crippen LogP contribution in [-0.2, 0) is 6.54 Å². The number of benzene rings is 1. The molecule has 0 aliphatic heterocycles. The summed E-state index contributed by atoms with van der Waals surface area (Å²) in [6, 6.07) is 4.04. The highest BCUT2D eigenvalue weighted by molar-refractivity contribution is 9.10. The molecule has 2 rings (SSSR count). The molecule has 0 radical (unpaired) electrons. The van der Waals surface area contributed by atoms with Crippen molar-refractivity contribution in [1.82, 2.24) is 9.78 Å². The Kier molecular flexibility index (Phi) is 3.38. The molecule has 0 aliphatic carbocycles. The highest BCUT2D eigenvalue weighted by Crippen LogP contribution is 2.21. The molecule has 0 unspecified atom stereocenters. The van der Waals surface area contributed by atoms with Gasteiger partial charge in [-0.15, -0.1) is 0 Å². The summed E-state index contributed by atoms with van der Waals surface area (Å²) in [4.78, 5) is 12.1. The lowest BCUT2D eigenvalue weighted by Gasteiger charge is -2.01. The Hall–Kier alpha value is -1.49. The number of hydrogen-bond donors (Lipinski definition) is 0. The highest BCUT2D eigenvalue weighted by atomic mass is 79.9. The van der Waals surface area contributed by atoms with Crippen LogP contribution in [0.4, 0.5) is 4.39 Å². The fraction of sp³-hybridized carbons (Fsp3) is 0.167. The molecule has 88 valence electrons. The summed E-state index contributed by atoms with van der Waals surface area (Å²) in [5.74, 6) is -0.671. The first-order valence-electron chi connectivity index (χ1n) is 5.14. The van der Waals surface area contributed by atoms with Crippen molar-refractivity contribution in [2.24, 2.45) is 0 Å². The molecule has 0 saturated carbocycles. The van der Waals surface area contributed by atoms with Crippen molar-refractivity contribution in [3.8, 4) is 0 Å². The first-order chi connectivity index (χ1) is 8.11. The van der Waals surface area contributed by atoms with Gasteiger partial charge in [0.1, 0.15) is 5.82 Å². The number of carbonyl (C=O) groups is 1. The Morgan fingerprint density at radius 3 is 2.94 bits per heavy atom. The third-order valence-electron chi connectivity index (χ3n) is 2.39. The topological polar surface area (TPSA) is 34.9 Å². The second kappa shape index (κ2) is 4.79. The van der Waals surface area contributed by atoms with Gasteiger partial charge in [-0.3, -0.25) is 9.48 Å². The maximum absolute atomic E-state index is 13.1. The zero-order chi connectivity index (χ0) is 12.4. The average molecular weight is 297 g/mol. The minimum absolute atomic E-state index is 0.240. The van der Waals surface area contributed by atoms with Crippen LogP contribution in [-0.4, -0.2) is 15.6 Å². The zero-order valence-corrected chi connectivity index (χ0v) is 10.7. The van der Waals surface area contributed by atoms with E-state index in [1.807, 2.05) is 6.92 Å². The van der Waals surface area contributed by atoms with Crippen molar-refractivity contribution >= 4 is 21.7 Å². The molecule has 3 nitrogen and oxygen atoms in total. The van der Waals surface area contributed by atoms with Crippen LogP contribution >= 0.6 is 15.9 Å². The molecule has 0 bridgehead atoms. The van der Waals surface area contributed by atoms with Gasteiger partial charge in [0.05, 0.1) is 11.8 Å². The van der Waals surface area contributed by atoms with E-state index in [4.69, 9.17) is 0 Å². The largest absolute Gasteiger partial charge is 0.288 e. The van der Waals surface area contributed by atoms with Crippen molar-refractivity contribution in [3.05, 3.63) is 52.0 Å². The minimum Gasteiger partial charge on any atom is -0.288 e. The summed E-state index contributed by atoms with van der Waals surface area (Å²) < 4.78 is 15.3. The molecule has 0 N–H and O–H groups in total. The van der Waals surface area contributed by atoms with E-state index < -0.39 is 5.82 Å². The molecule has 0 saturated heterocycles. The number of nitrogens with zero attached hydrogens (tertiary/aromatic N) is 2. The fourth-order valence-electron chi connectivity index (χ4n) is 1.48. The highest BCUT2D eigenvalue weighted by Gasteiger charge is 2.15. The van der Waals surface area contributed by atoms with E-state index in [0.717, 1.165) is 0 Å². The van der Waals surface area contributed by atoms with E-state index in [2.05, 4.69) is 21.0 Å². The van der Waals surface area contributed by atoms with Crippen LogP contribution in [0.15, 0.2) is 35.1 Å². The molecule has 0 atom stereocenters. The van der Waals surface area contributed by atoms with Gasteiger partial charge in [-0.05, 0) is 25.1 Å². The molecule has 0 aliphatic rings. The van der Waals surface area contributed by atoms with E-state index in [-0.39, 0.29) is 5.78 Å². The van der Waals surface area contributed by atoms with Crippen LogP contribution in [0.25, 0.3) is 0 Å². The van der Waals surface area contributed by atoms with Crippen LogP contribution in [0.5, 0.6) is 0 Å². The SMILES string of the molecule is CCn1cc(C(=O)c2cc(F)ccc2Br)cn1. The Morgan fingerprint density at radius 2 is 2.29 bits per heavy atom. The third-order valence-corrected chi connectivity index (χ3v) is 3.08. The lowest BCUT2D eigenvalue weighted by molar-refractivity contribution is 0.103. The summed E-state index contributed by atoms with van der Waals surface area (Å²) >= 11 is 3.24. The lowest BCUT2D eigenvalue weighted by Crippen LogP contribution is -2.02. The molecule has 0 spiro atoms. The number of ketones is 1. The lowest BCUT2D eigenvalue weighted by atomic mass is 10.1. The summed E-state index contributed by atoms with van der Waals surface area (Å²) in [5.41, 5.74) is 0.763. The van der Waals surface area contributed by atoms with Crippen molar-refractivity contribution in [3.63, 3.8) is 0 Å². The predicted molar refractivity (Wildman–Crippen MR) is 65.4 cm³/mol. The van der Waals surface area contributed by atoms with Gasteiger partial charge >= 0.3 is 0 Å². The first-order valence-corrected chi connectivity index (χ1v) is 5.93. The first kappa shape index (κ1) is 12.0. The van der Waals surface area contributed by atoms with E-state index in [1.165, 1.54) is 24.4 Å². The van der Waals surface area contributed by atoms with Crippen molar-refractivity contribution in [2.45, 2.75) is 13.5 Å². The van der Waals surface area contributed by atoms with Crippen molar-refractivity contribution in [2.75, 3.05) is 0 Å². The van der Waals surface area contributed by atoms with Gasteiger partial charge in [0.25, 0.3) is 0 Å². The number of carbonyl (C=O) groups excluding carboxylic acids is 1. The van der Waals surface area contributed by atoms with Gasteiger partial charge in [0.15, 0.2) is 5.78 Å². The quantitative estimate of drug-likeness (QED) is 0.816. The second-order valence-corrected chi connectivity index (χ2v) is 4.39. The fourth-order valence-corrected chi connectivity index (χ4v) is 1.91. The van der Waals surface area contributed by atoms with Gasteiger partial charge in [-0.1, -0.05) is 15.9 Å². The molecule has 1 heterocycles. The zero-order valence-electron chi connectivity index (χ0n) is 9.15. The summed E-state index contributed by atoms with van der Waals surface area (Å²) in [5, 5.41) is 4.02. The molecule has 0 fully saturated rings. The molecule has 2 aromatic rings. The Bertz CT molecular complexity index is 565. The summed E-state index contributed by atoms with van der Waals surface area (Å²) in [7, 11) is 0. The molecular formula is C12H10BrFN2O.